The van der Waals surface area contributed by atoms with Gasteiger partial charge in [-0.1, -0.05) is 0 Å². The first kappa shape index (κ1) is 18.7. The molecule has 2 aliphatic rings. The van der Waals surface area contributed by atoms with Crippen LogP contribution >= 0.6 is 0 Å². The normalized spacial score (nSPS) is 22.0. The maximum Gasteiger partial charge on any atom is 0.326 e. The highest BCUT2D eigenvalue weighted by molar-refractivity contribution is 7.92. The van der Waals surface area contributed by atoms with E-state index in [9.17, 15) is 22.7 Å². The van der Waals surface area contributed by atoms with Crippen molar-refractivity contribution in [3.63, 3.8) is 0 Å². The molecule has 2 saturated heterocycles. The van der Waals surface area contributed by atoms with Crippen molar-refractivity contribution in [2.24, 2.45) is 5.92 Å². The number of phenols is 1. The maximum absolute atomic E-state index is 14.6. The summed E-state index contributed by atoms with van der Waals surface area (Å²) in [6.07, 6.45) is 4.45. The Morgan fingerprint density at radius 1 is 1.39 bits per heavy atom. The van der Waals surface area contributed by atoms with Crippen LogP contribution in [-0.4, -0.2) is 48.9 Å². The zero-order valence-electron chi connectivity index (χ0n) is 14.8. The summed E-state index contributed by atoms with van der Waals surface area (Å²) in [5, 5.41) is 10.2. The quantitative estimate of drug-likeness (QED) is 0.748. The lowest BCUT2D eigenvalue weighted by molar-refractivity contribution is -0.117. The Bertz CT molecular complexity index is 972. The smallest absolute Gasteiger partial charge is 0.326 e. The second kappa shape index (κ2) is 7.06. The Kier molecular flexibility index (Phi) is 4.71. The molecule has 2 N–H and O–H groups in total. The van der Waals surface area contributed by atoms with Crippen LogP contribution in [-0.2, 0) is 28.0 Å². The molecule has 0 bridgehead atoms. The lowest BCUT2D eigenvalue weighted by Gasteiger charge is -2.19. The Morgan fingerprint density at radius 2 is 2.21 bits per heavy atom. The van der Waals surface area contributed by atoms with Gasteiger partial charge in [0.1, 0.15) is 24.2 Å². The number of oxazole rings is 1. The third-order valence-electron chi connectivity index (χ3n) is 4.94. The second-order valence-electron chi connectivity index (χ2n) is 7.06. The SMILES string of the molecule is O=C1CN(c2c(O)cc(CC3CCN(Cc4cocn4)C3)cc2F)S(=O)(=O)N1. The van der Waals surface area contributed by atoms with Crippen LogP contribution in [0.1, 0.15) is 17.7 Å². The van der Waals surface area contributed by atoms with Gasteiger partial charge in [-0.15, -0.1) is 0 Å². The Balaban J connectivity index is 1.46. The van der Waals surface area contributed by atoms with E-state index in [1.807, 2.05) is 0 Å². The molecule has 11 heteroatoms. The van der Waals surface area contributed by atoms with Gasteiger partial charge in [-0.25, -0.2) is 18.4 Å². The molecule has 1 unspecified atom stereocenters. The van der Waals surface area contributed by atoms with Crippen LogP contribution in [0.25, 0.3) is 0 Å². The van der Waals surface area contributed by atoms with E-state index in [1.165, 1.54) is 18.5 Å². The molecule has 150 valence electrons. The van der Waals surface area contributed by atoms with Crippen LogP contribution in [0, 0.1) is 11.7 Å². The van der Waals surface area contributed by atoms with Gasteiger partial charge in [-0.2, -0.15) is 8.42 Å². The first-order chi connectivity index (χ1) is 13.3. The van der Waals surface area contributed by atoms with Crippen molar-refractivity contribution in [1.29, 1.82) is 0 Å². The first-order valence-corrected chi connectivity index (χ1v) is 10.2. The summed E-state index contributed by atoms with van der Waals surface area (Å²) >= 11 is 0. The molecule has 0 spiro atoms. The minimum absolute atomic E-state index is 0.273. The predicted molar refractivity (Wildman–Crippen MR) is 96.1 cm³/mol. The molecule has 1 atom stereocenters. The minimum Gasteiger partial charge on any atom is -0.506 e. The summed E-state index contributed by atoms with van der Waals surface area (Å²) < 4.78 is 45.7. The van der Waals surface area contributed by atoms with E-state index in [0.717, 1.165) is 25.2 Å². The van der Waals surface area contributed by atoms with Gasteiger partial charge < -0.3 is 9.52 Å². The number of benzene rings is 1. The molecule has 1 aromatic heterocycles. The van der Waals surface area contributed by atoms with Crippen molar-refractivity contribution < 1.29 is 27.1 Å². The number of nitrogens with zero attached hydrogens (tertiary/aromatic N) is 3. The van der Waals surface area contributed by atoms with E-state index < -0.39 is 39.9 Å². The molecule has 9 nitrogen and oxygen atoms in total. The number of anilines is 1. The summed E-state index contributed by atoms with van der Waals surface area (Å²) in [6, 6.07) is 2.57. The highest BCUT2D eigenvalue weighted by atomic mass is 32.2. The predicted octanol–water partition coefficient (Wildman–Crippen LogP) is 0.765. The molecule has 2 aromatic rings. The largest absolute Gasteiger partial charge is 0.506 e. The number of carbonyl (C=O) groups is 1. The highest BCUT2D eigenvalue weighted by Gasteiger charge is 2.37. The molecular formula is C17H19FN4O5S. The van der Waals surface area contributed by atoms with Gasteiger partial charge >= 0.3 is 10.2 Å². The van der Waals surface area contributed by atoms with Crippen LogP contribution in [0.3, 0.4) is 0 Å². The molecule has 3 heterocycles. The van der Waals surface area contributed by atoms with E-state index in [2.05, 4.69) is 9.88 Å². The fraction of sp³-hybridized carbons (Fsp3) is 0.412. The molecular weight excluding hydrogens is 391 g/mol. The van der Waals surface area contributed by atoms with Crippen LogP contribution in [0.15, 0.2) is 29.2 Å². The van der Waals surface area contributed by atoms with Gasteiger partial charge in [0.15, 0.2) is 12.2 Å². The van der Waals surface area contributed by atoms with E-state index in [-0.39, 0.29) is 5.92 Å². The number of aromatic nitrogens is 1. The molecule has 1 aromatic carbocycles. The summed E-state index contributed by atoms with van der Waals surface area (Å²) in [4.78, 5) is 17.7. The number of likely N-dealkylation sites (tertiary alicyclic amines) is 1. The lowest BCUT2D eigenvalue weighted by Crippen LogP contribution is -2.30. The van der Waals surface area contributed by atoms with E-state index in [0.29, 0.717) is 22.8 Å². The van der Waals surface area contributed by atoms with Crippen molar-refractivity contribution in [3.05, 3.63) is 41.9 Å². The lowest BCUT2D eigenvalue weighted by atomic mass is 9.98. The van der Waals surface area contributed by atoms with Crippen molar-refractivity contribution in [1.82, 2.24) is 14.6 Å². The van der Waals surface area contributed by atoms with Gasteiger partial charge in [0.25, 0.3) is 5.91 Å². The van der Waals surface area contributed by atoms with Gasteiger partial charge in [0, 0.05) is 13.1 Å². The molecule has 2 aliphatic heterocycles. The molecule has 2 fully saturated rings. The number of halogens is 1. The van der Waals surface area contributed by atoms with E-state index >= 15 is 0 Å². The summed E-state index contributed by atoms with van der Waals surface area (Å²) in [7, 11) is -4.19. The summed E-state index contributed by atoms with van der Waals surface area (Å²) in [5.74, 6) is -1.89. The van der Waals surface area contributed by atoms with Crippen molar-refractivity contribution >= 4 is 21.8 Å². The van der Waals surface area contributed by atoms with Crippen LogP contribution in [0.4, 0.5) is 10.1 Å². The van der Waals surface area contributed by atoms with Crippen molar-refractivity contribution in [3.8, 4) is 5.75 Å². The number of nitrogens with one attached hydrogen (secondary N) is 1. The minimum atomic E-state index is -4.19. The number of carbonyl (C=O) groups excluding carboxylic acids is 1. The third-order valence-corrected chi connectivity index (χ3v) is 6.31. The standard InChI is InChI=1S/C17H19FN4O5S/c18-14-4-12(3-11-1-2-21(6-11)7-13-9-27-10-19-13)5-15(23)17(14)22-8-16(24)20-28(22,25)26/h4-5,9-11,23H,1-3,6-8H2,(H,20,24). The highest BCUT2D eigenvalue weighted by Crippen LogP contribution is 2.35. The number of hydrogen-bond acceptors (Lipinski definition) is 7. The molecule has 28 heavy (non-hydrogen) atoms. The number of hydrogen-bond donors (Lipinski definition) is 2. The fourth-order valence-corrected chi connectivity index (χ4v) is 4.92. The molecule has 0 saturated carbocycles. The van der Waals surface area contributed by atoms with Gasteiger partial charge in [-0.05, 0) is 43.0 Å². The number of amides is 1. The molecule has 4 rings (SSSR count). The number of aromatic hydroxyl groups is 1. The summed E-state index contributed by atoms with van der Waals surface area (Å²) in [6.45, 7) is 1.80. The number of rotatable bonds is 5. The average molecular weight is 410 g/mol. The Morgan fingerprint density at radius 3 is 2.86 bits per heavy atom. The molecule has 1 amide bonds. The number of phenolic OH excluding ortho intramolecular Hbond substituents is 1. The molecule has 0 aliphatic carbocycles. The fourth-order valence-electron chi connectivity index (χ4n) is 3.75. The topological polar surface area (TPSA) is 116 Å². The van der Waals surface area contributed by atoms with E-state index in [4.69, 9.17) is 4.42 Å². The van der Waals surface area contributed by atoms with E-state index in [1.54, 1.807) is 11.0 Å². The Labute approximate surface area is 160 Å². The van der Waals surface area contributed by atoms with Crippen molar-refractivity contribution in [2.75, 3.05) is 23.9 Å². The van der Waals surface area contributed by atoms with Crippen LogP contribution in [0.2, 0.25) is 0 Å². The van der Waals surface area contributed by atoms with Gasteiger partial charge in [0.05, 0.1) is 5.69 Å². The summed E-state index contributed by atoms with van der Waals surface area (Å²) in [5.41, 5.74) is 0.910. The maximum atomic E-state index is 14.6. The third kappa shape index (κ3) is 3.67. The monoisotopic (exact) mass is 410 g/mol. The van der Waals surface area contributed by atoms with Crippen molar-refractivity contribution in [2.45, 2.75) is 19.4 Å². The van der Waals surface area contributed by atoms with Gasteiger partial charge in [-0.3, -0.25) is 9.69 Å². The average Bonchev–Trinajstić information content (AvgIpc) is 3.30. The molecule has 0 radical (unpaired) electrons. The zero-order chi connectivity index (χ0) is 19.9. The second-order valence-corrected chi connectivity index (χ2v) is 8.65. The zero-order valence-corrected chi connectivity index (χ0v) is 15.7. The van der Waals surface area contributed by atoms with Crippen LogP contribution < -0.4 is 9.03 Å². The van der Waals surface area contributed by atoms with Crippen LogP contribution in [0.5, 0.6) is 5.75 Å². The van der Waals surface area contributed by atoms with Gasteiger partial charge in [0.2, 0.25) is 0 Å². The first-order valence-electron chi connectivity index (χ1n) is 8.76. The Hall–Kier alpha value is -2.66.